The lowest BCUT2D eigenvalue weighted by atomic mass is 10.0. The second kappa shape index (κ2) is 5.12. The minimum atomic E-state index is -10.1. The summed E-state index contributed by atoms with van der Waals surface area (Å²) in [5.41, 5.74) is -1.13. The Labute approximate surface area is 119 Å². The molecule has 0 aliphatic heterocycles. The highest BCUT2D eigenvalue weighted by atomic mass is 32.5. The summed E-state index contributed by atoms with van der Waals surface area (Å²) in [7, 11) is -10.1. The molecule has 0 heterocycles. The number of aryl methyl sites for hydroxylation is 2. The molecule has 0 aromatic heterocycles. The van der Waals surface area contributed by atoms with Gasteiger partial charge in [-0.25, -0.2) is 4.39 Å². The zero-order valence-electron chi connectivity index (χ0n) is 11.2. The number of hydrogen-bond donors (Lipinski definition) is 0. The molecule has 0 fully saturated rings. The molecule has 0 amide bonds. The molecule has 0 spiro atoms. The molecule has 1 aromatic carbocycles. The molecule has 0 N–H and O–H groups in total. The molecule has 120 valence electrons. The van der Waals surface area contributed by atoms with E-state index < -0.39 is 26.5 Å². The van der Waals surface area contributed by atoms with Crippen molar-refractivity contribution in [2.45, 2.75) is 30.6 Å². The highest BCUT2D eigenvalue weighted by Gasteiger charge is 2.68. The van der Waals surface area contributed by atoms with Gasteiger partial charge in [-0.15, -0.1) is 13.2 Å². The van der Waals surface area contributed by atoms with Crippen LogP contribution in [0, 0.1) is 5.82 Å². The molecule has 1 rings (SSSR count). The van der Waals surface area contributed by atoms with Crippen LogP contribution in [0.3, 0.4) is 0 Å². The van der Waals surface area contributed by atoms with Gasteiger partial charge in [-0.3, -0.25) is 0 Å². The van der Waals surface area contributed by atoms with Crippen LogP contribution in [0.5, 0.6) is 0 Å². The molecule has 7 heteroatoms. The first kappa shape index (κ1) is 17.7. The molecule has 0 saturated heterocycles. The lowest BCUT2D eigenvalue weighted by molar-refractivity contribution is 0.352. The van der Waals surface area contributed by atoms with E-state index in [0.29, 0.717) is 0 Å². The van der Waals surface area contributed by atoms with Crippen molar-refractivity contribution in [3.63, 3.8) is 0 Å². The fourth-order valence-corrected chi connectivity index (χ4v) is 3.09. The zero-order chi connectivity index (χ0) is 16.4. The van der Waals surface area contributed by atoms with E-state index in [1.54, 1.807) is 0 Å². The van der Waals surface area contributed by atoms with Crippen LogP contribution in [-0.4, -0.2) is 0 Å². The second-order valence-electron chi connectivity index (χ2n) is 4.65. The standard InChI is InChI=1S/C14H16F6S/c1-3-5-7-11-9-10-12(8-6-4-2)14(13(11)15)21(16,17,18,19)20/h3-4,9-10H,1-2,5-8H2. The van der Waals surface area contributed by atoms with Crippen LogP contribution in [-0.2, 0) is 12.8 Å². The molecule has 1 aromatic rings. The summed E-state index contributed by atoms with van der Waals surface area (Å²) in [6.45, 7) is 6.68. The number of allylic oxidation sites excluding steroid dienone is 2. The summed E-state index contributed by atoms with van der Waals surface area (Å²) in [6.07, 6.45) is 2.46. The largest absolute Gasteiger partial charge is 0.313 e. The number of hydrogen-bond acceptors (Lipinski definition) is 0. The Hall–Kier alpha value is -1.37. The molecule has 0 unspecified atom stereocenters. The van der Waals surface area contributed by atoms with Crippen molar-refractivity contribution >= 4 is 10.2 Å². The molecule has 0 nitrogen and oxygen atoms in total. The topological polar surface area (TPSA) is 0 Å². The fourth-order valence-electron chi connectivity index (χ4n) is 1.96. The molecule has 0 aliphatic rings. The summed E-state index contributed by atoms with van der Waals surface area (Å²) in [5.74, 6) is -1.88. The van der Waals surface area contributed by atoms with Crippen molar-refractivity contribution in [3.8, 4) is 0 Å². The molecule has 0 radical (unpaired) electrons. The third-order valence-corrected chi connectivity index (χ3v) is 4.09. The smallest absolute Gasteiger partial charge is 0.205 e. The van der Waals surface area contributed by atoms with Gasteiger partial charge in [-0.05, 0) is 36.8 Å². The van der Waals surface area contributed by atoms with Gasteiger partial charge in [0.25, 0.3) is 0 Å². The van der Waals surface area contributed by atoms with E-state index in [1.165, 1.54) is 12.2 Å². The first-order chi connectivity index (χ1) is 9.40. The highest BCUT2D eigenvalue weighted by Crippen LogP contribution is 3.02. The maximum atomic E-state index is 14.0. The van der Waals surface area contributed by atoms with E-state index in [0.717, 1.165) is 12.1 Å². The summed E-state index contributed by atoms with van der Waals surface area (Å²) in [4.78, 5) is -2.39. The van der Waals surface area contributed by atoms with E-state index >= 15 is 0 Å². The van der Waals surface area contributed by atoms with Gasteiger partial charge < -0.3 is 0 Å². The lowest BCUT2D eigenvalue weighted by Crippen LogP contribution is -2.14. The lowest BCUT2D eigenvalue weighted by Gasteiger charge is -2.42. The van der Waals surface area contributed by atoms with Gasteiger partial charge in [0, 0.05) is 0 Å². The van der Waals surface area contributed by atoms with Crippen LogP contribution in [0.25, 0.3) is 0 Å². The SMILES string of the molecule is C=CCCc1ccc(CCC=C)c(S(F)(F)(F)(F)F)c1F. The first-order valence-electron chi connectivity index (χ1n) is 6.17. The Morgan fingerprint density at radius 3 is 1.71 bits per heavy atom. The van der Waals surface area contributed by atoms with Crippen LogP contribution >= 0.6 is 10.2 Å². The van der Waals surface area contributed by atoms with Crippen molar-refractivity contribution in [2.24, 2.45) is 0 Å². The van der Waals surface area contributed by atoms with E-state index in [1.807, 2.05) is 0 Å². The third-order valence-electron chi connectivity index (χ3n) is 2.88. The maximum absolute atomic E-state index is 14.0. The zero-order valence-corrected chi connectivity index (χ0v) is 12.0. The predicted octanol–water partition coefficient (Wildman–Crippen LogP) is 6.72. The average Bonchev–Trinajstić information content (AvgIpc) is 2.31. The number of halogens is 6. The normalized spacial score (nSPS) is 15.1. The van der Waals surface area contributed by atoms with Crippen LogP contribution < -0.4 is 0 Å². The maximum Gasteiger partial charge on any atom is 0.313 e. The highest BCUT2D eigenvalue weighted by molar-refractivity contribution is 8.45. The molecule has 0 bridgehead atoms. The molecule has 0 aliphatic carbocycles. The van der Waals surface area contributed by atoms with Gasteiger partial charge in [0.05, 0.1) is 0 Å². The molecular formula is C14H16F6S. The minimum absolute atomic E-state index is 0.0479. The van der Waals surface area contributed by atoms with Crippen LogP contribution in [0.4, 0.5) is 23.8 Å². The van der Waals surface area contributed by atoms with Crippen molar-refractivity contribution < 1.29 is 23.8 Å². The van der Waals surface area contributed by atoms with E-state index in [9.17, 15) is 23.8 Å². The van der Waals surface area contributed by atoms with Crippen molar-refractivity contribution in [1.29, 1.82) is 0 Å². The molecule has 0 atom stereocenters. The summed E-state index contributed by atoms with van der Waals surface area (Å²) in [5, 5.41) is 0. The molecule has 0 saturated carbocycles. The Balaban J connectivity index is 3.54. The van der Waals surface area contributed by atoms with Crippen molar-refractivity contribution in [2.75, 3.05) is 0 Å². The average molecular weight is 330 g/mol. The van der Waals surface area contributed by atoms with E-state index in [2.05, 4.69) is 13.2 Å². The Bertz CT molecular complexity index is 559. The van der Waals surface area contributed by atoms with Crippen molar-refractivity contribution in [3.05, 3.63) is 54.4 Å². The van der Waals surface area contributed by atoms with Gasteiger partial charge >= 0.3 is 10.2 Å². The molecule has 21 heavy (non-hydrogen) atoms. The van der Waals surface area contributed by atoms with Crippen LogP contribution in [0.2, 0.25) is 0 Å². The summed E-state index contributed by atoms with van der Waals surface area (Å²) in [6, 6.07) is 2.03. The van der Waals surface area contributed by atoms with Gasteiger partial charge in [0.15, 0.2) is 0 Å². The summed E-state index contributed by atoms with van der Waals surface area (Å²) >= 11 is 0. The fraction of sp³-hybridized carbons (Fsp3) is 0.286. The Kier molecular flexibility index (Phi) is 4.31. The van der Waals surface area contributed by atoms with Gasteiger partial charge in [-0.2, -0.15) is 0 Å². The monoisotopic (exact) mass is 330 g/mol. The third kappa shape index (κ3) is 4.56. The van der Waals surface area contributed by atoms with Crippen molar-refractivity contribution in [1.82, 2.24) is 0 Å². The van der Waals surface area contributed by atoms with Gasteiger partial charge in [-0.1, -0.05) is 43.7 Å². The number of rotatable bonds is 7. The van der Waals surface area contributed by atoms with E-state index in [-0.39, 0.29) is 31.2 Å². The van der Waals surface area contributed by atoms with Gasteiger partial charge in [0.2, 0.25) is 0 Å². The summed E-state index contributed by atoms with van der Waals surface area (Å²) < 4.78 is 79.6. The Morgan fingerprint density at radius 1 is 0.857 bits per heavy atom. The predicted molar refractivity (Wildman–Crippen MR) is 74.8 cm³/mol. The second-order valence-corrected chi connectivity index (χ2v) is 7.00. The Morgan fingerprint density at radius 2 is 1.29 bits per heavy atom. The van der Waals surface area contributed by atoms with Gasteiger partial charge in [0.1, 0.15) is 10.7 Å². The van der Waals surface area contributed by atoms with Crippen LogP contribution in [0.1, 0.15) is 24.0 Å². The van der Waals surface area contributed by atoms with E-state index in [4.69, 9.17) is 0 Å². The number of benzene rings is 1. The van der Waals surface area contributed by atoms with Crippen LogP contribution in [0.15, 0.2) is 42.3 Å². The first-order valence-corrected chi connectivity index (χ1v) is 8.12. The molecular weight excluding hydrogens is 314 g/mol. The quantitative estimate of drug-likeness (QED) is 0.384. The minimum Gasteiger partial charge on any atom is -0.205 e.